The molecule has 0 bridgehead atoms. The summed E-state index contributed by atoms with van der Waals surface area (Å²) >= 11 is 7.56. The van der Waals surface area contributed by atoms with Gasteiger partial charge in [-0.2, -0.15) is 11.8 Å². The minimum absolute atomic E-state index is 0.0526. The maximum Gasteiger partial charge on any atom is 0.234 e. The van der Waals surface area contributed by atoms with Crippen LogP contribution in [-0.4, -0.2) is 17.4 Å². The molecule has 0 aliphatic rings. The molecule has 0 aromatic heterocycles. The van der Waals surface area contributed by atoms with E-state index in [1.165, 1.54) is 0 Å². The fourth-order valence-corrected chi connectivity index (χ4v) is 2.22. The summed E-state index contributed by atoms with van der Waals surface area (Å²) in [7, 11) is 0. The zero-order chi connectivity index (χ0) is 12.8. The average molecular weight is 273 g/mol. The Balaban J connectivity index is 2.47. The number of thioether (sulfide) groups is 1. The first-order valence-corrected chi connectivity index (χ1v) is 6.95. The Bertz CT molecular complexity index is 396. The van der Waals surface area contributed by atoms with Crippen LogP contribution in [0.25, 0.3) is 0 Å². The van der Waals surface area contributed by atoms with Gasteiger partial charge >= 0.3 is 0 Å². The molecular formula is C12H17ClN2OS. The van der Waals surface area contributed by atoms with Gasteiger partial charge in [-0.05, 0) is 29.9 Å². The van der Waals surface area contributed by atoms with Crippen LogP contribution < -0.4 is 11.1 Å². The van der Waals surface area contributed by atoms with E-state index in [1.54, 1.807) is 30.0 Å². The molecule has 5 heteroatoms. The van der Waals surface area contributed by atoms with Crippen molar-refractivity contribution in [3.63, 3.8) is 0 Å². The Morgan fingerprint density at radius 3 is 2.88 bits per heavy atom. The number of nitrogens with one attached hydrogen (secondary N) is 1. The molecule has 0 aliphatic heterocycles. The molecule has 0 heterocycles. The summed E-state index contributed by atoms with van der Waals surface area (Å²) in [5.74, 6) is 1.94. The molecule has 1 amide bonds. The van der Waals surface area contributed by atoms with Crippen LogP contribution in [0.5, 0.6) is 0 Å². The lowest BCUT2D eigenvalue weighted by Crippen LogP contribution is -2.15. The predicted octanol–water partition coefficient (Wildman–Crippen LogP) is 3.25. The number of hydrogen-bond acceptors (Lipinski definition) is 3. The van der Waals surface area contributed by atoms with Crippen molar-refractivity contribution in [3.8, 4) is 0 Å². The molecule has 0 saturated carbocycles. The normalized spacial score (nSPS) is 10.6. The van der Waals surface area contributed by atoms with Crippen molar-refractivity contribution in [2.75, 3.05) is 22.6 Å². The lowest BCUT2D eigenvalue weighted by Gasteiger charge is -2.08. The van der Waals surface area contributed by atoms with Crippen molar-refractivity contribution in [1.29, 1.82) is 0 Å². The van der Waals surface area contributed by atoms with Crippen molar-refractivity contribution in [1.82, 2.24) is 0 Å². The topological polar surface area (TPSA) is 55.1 Å². The van der Waals surface area contributed by atoms with Gasteiger partial charge in [0.1, 0.15) is 0 Å². The first-order chi connectivity index (χ1) is 7.99. The van der Waals surface area contributed by atoms with Gasteiger partial charge in [0.15, 0.2) is 0 Å². The van der Waals surface area contributed by atoms with Crippen LogP contribution in [0.4, 0.5) is 11.4 Å². The molecule has 1 aromatic carbocycles. The molecule has 17 heavy (non-hydrogen) atoms. The Morgan fingerprint density at radius 1 is 1.53 bits per heavy atom. The van der Waals surface area contributed by atoms with Crippen molar-refractivity contribution in [3.05, 3.63) is 23.2 Å². The molecule has 0 fully saturated rings. The predicted molar refractivity (Wildman–Crippen MR) is 76.7 cm³/mol. The van der Waals surface area contributed by atoms with Gasteiger partial charge in [0.2, 0.25) is 5.91 Å². The minimum atomic E-state index is -0.0526. The van der Waals surface area contributed by atoms with E-state index >= 15 is 0 Å². The molecule has 0 atom stereocenters. The number of carbonyl (C=O) groups is 1. The van der Waals surface area contributed by atoms with Crippen molar-refractivity contribution < 1.29 is 4.79 Å². The maximum atomic E-state index is 11.6. The SMILES string of the molecule is CC(C)CSCC(=O)Nc1cc(N)ccc1Cl. The van der Waals surface area contributed by atoms with E-state index in [9.17, 15) is 4.79 Å². The Hall–Kier alpha value is -0.870. The Labute approximate surface area is 111 Å². The molecule has 0 saturated heterocycles. The first kappa shape index (κ1) is 14.2. The summed E-state index contributed by atoms with van der Waals surface area (Å²) in [4.78, 5) is 11.6. The second-order valence-corrected chi connectivity index (χ2v) is 5.63. The molecule has 0 unspecified atom stereocenters. The number of halogens is 1. The van der Waals surface area contributed by atoms with Gasteiger partial charge in [-0.25, -0.2) is 0 Å². The van der Waals surface area contributed by atoms with Gasteiger partial charge in [-0.1, -0.05) is 25.4 Å². The van der Waals surface area contributed by atoms with Gasteiger partial charge in [-0.15, -0.1) is 0 Å². The molecular weight excluding hydrogens is 256 g/mol. The number of nitrogens with two attached hydrogens (primary N) is 1. The number of benzene rings is 1. The summed E-state index contributed by atoms with van der Waals surface area (Å²) in [6, 6.07) is 5.03. The highest BCUT2D eigenvalue weighted by Gasteiger charge is 2.06. The third-order valence-electron chi connectivity index (χ3n) is 1.95. The number of hydrogen-bond donors (Lipinski definition) is 2. The van der Waals surface area contributed by atoms with E-state index in [2.05, 4.69) is 19.2 Å². The van der Waals surface area contributed by atoms with E-state index in [-0.39, 0.29) is 5.91 Å². The summed E-state index contributed by atoms with van der Waals surface area (Å²) in [5, 5.41) is 3.25. The van der Waals surface area contributed by atoms with E-state index in [1.807, 2.05) is 0 Å². The molecule has 3 N–H and O–H groups in total. The van der Waals surface area contributed by atoms with E-state index in [0.717, 1.165) is 5.75 Å². The van der Waals surface area contributed by atoms with E-state index in [4.69, 9.17) is 17.3 Å². The smallest absolute Gasteiger partial charge is 0.234 e. The molecule has 94 valence electrons. The van der Waals surface area contributed by atoms with Gasteiger partial charge in [0.05, 0.1) is 16.5 Å². The fraction of sp³-hybridized carbons (Fsp3) is 0.417. The largest absolute Gasteiger partial charge is 0.399 e. The monoisotopic (exact) mass is 272 g/mol. The highest BCUT2D eigenvalue weighted by atomic mass is 35.5. The first-order valence-electron chi connectivity index (χ1n) is 5.41. The standard InChI is InChI=1S/C12H17ClN2OS/c1-8(2)6-17-7-12(16)15-11-5-9(14)3-4-10(11)13/h3-5,8H,6-7,14H2,1-2H3,(H,15,16). The second-order valence-electron chi connectivity index (χ2n) is 4.20. The van der Waals surface area contributed by atoms with Gasteiger partial charge in [-0.3, -0.25) is 4.79 Å². The number of nitrogen functional groups attached to an aromatic ring is 1. The molecule has 1 aromatic rings. The highest BCUT2D eigenvalue weighted by Crippen LogP contribution is 2.24. The Kier molecular flexibility index (Phi) is 5.65. The van der Waals surface area contributed by atoms with E-state index < -0.39 is 0 Å². The fourth-order valence-electron chi connectivity index (χ4n) is 1.21. The van der Waals surface area contributed by atoms with Crippen molar-refractivity contribution in [2.45, 2.75) is 13.8 Å². The van der Waals surface area contributed by atoms with Crippen LogP contribution >= 0.6 is 23.4 Å². The van der Waals surface area contributed by atoms with E-state index in [0.29, 0.717) is 28.1 Å². The zero-order valence-electron chi connectivity index (χ0n) is 10.00. The molecule has 0 aliphatic carbocycles. The van der Waals surface area contributed by atoms with Crippen LogP contribution in [0.15, 0.2) is 18.2 Å². The molecule has 0 radical (unpaired) electrons. The zero-order valence-corrected chi connectivity index (χ0v) is 11.6. The Morgan fingerprint density at radius 2 is 2.24 bits per heavy atom. The minimum Gasteiger partial charge on any atom is -0.399 e. The van der Waals surface area contributed by atoms with Gasteiger partial charge < -0.3 is 11.1 Å². The van der Waals surface area contributed by atoms with Crippen LogP contribution in [0.2, 0.25) is 5.02 Å². The maximum absolute atomic E-state index is 11.6. The van der Waals surface area contributed by atoms with Crippen LogP contribution in [0.1, 0.15) is 13.8 Å². The third-order valence-corrected chi connectivity index (χ3v) is 3.65. The summed E-state index contributed by atoms with van der Waals surface area (Å²) in [5.41, 5.74) is 6.78. The van der Waals surface area contributed by atoms with Crippen LogP contribution in [0.3, 0.4) is 0 Å². The van der Waals surface area contributed by atoms with Crippen LogP contribution in [-0.2, 0) is 4.79 Å². The number of anilines is 2. The molecule has 0 spiro atoms. The number of carbonyl (C=O) groups excluding carboxylic acids is 1. The van der Waals surface area contributed by atoms with Gasteiger partial charge in [0.25, 0.3) is 0 Å². The lowest BCUT2D eigenvalue weighted by atomic mass is 10.3. The summed E-state index contributed by atoms with van der Waals surface area (Å²) in [6.45, 7) is 4.25. The number of amides is 1. The highest BCUT2D eigenvalue weighted by molar-refractivity contribution is 7.99. The lowest BCUT2D eigenvalue weighted by molar-refractivity contribution is -0.113. The van der Waals surface area contributed by atoms with Crippen molar-refractivity contribution >= 4 is 40.6 Å². The molecule has 1 rings (SSSR count). The van der Waals surface area contributed by atoms with Crippen LogP contribution in [0, 0.1) is 5.92 Å². The second kappa shape index (κ2) is 6.77. The quantitative estimate of drug-likeness (QED) is 0.809. The number of rotatable bonds is 5. The summed E-state index contributed by atoms with van der Waals surface area (Å²) in [6.07, 6.45) is 0. The van der Waals surface area contributed by atoms with Crippen molar-refractivity contribution in [2.24, 2.45) is 5.92 Å². The third kappa shape index (κ3) is 5.33. The summed E-state index contributed by atoms with van der Waals surface area (Å²) < 4.78 is 0. The molecule has 3 nitrogen and oxygen atoms in total. The van der Waals surface area contributed by atoms with Gasteiger partial charge in [0, 0.05) is 5.69 Å². The average Bonchev–Trinajstić information content (AvgIpc) is 2.23.